The van der Waals surface area contributed by atoms with Crippen molar-refractivity contribution in [3.05, 3.63) is 53.0 Å². The zero-order valence-electron chi connectivity index (χ0n) is 11.8. The summed E-state index contributed by atoms with van der Waals surface area (Å²) in [5, 5.41) is 2.90. The summed E-state index contributed by atoms with van der Waals surface area (Å²) < 4.78 is 6.61. The van der Waals surface area contributed by atoms with Crippen LogP contribution in [-0.4, -0.2) is 18.3 Å². The smallest absolute Gasteiger partial charge is 0.265 e. The van der Waals surface area contributed by atoms with E-state index in [4.69, 9.17) is 4.74 Å². The molecule has 0 aliphatic rings. The number of hydrogen-bond acceptors (Lipinski definition) is 3. The van der Waals surface area contributed by atoms with Gasteiger partial charge in [-0.3, -0.25) is 4.79 Å². The first-order chi connectivity index (χ1) is 10.1. The van der Waals surface area contributed by atoms with Crippen molar-refractivity contribution < 1.29 is 9.53 Å². The minimum Gasteiger partial charge on any atom is -0.481 e. The van der Waals surface area contributed by atoms with E-state index in [-0.39, 0.29) is 5.91 Å². The topological polar surface area (TPSA) is 38.3 Å². The number of ether oxygens (including phenoxy) is 1. The molecule has 1 unspecified atom stereocenters. The van der Waals surface area contributed by atoms with E-state index in [1.807, 2.05) is 54.8 Å². The van der Waals surface area contributed by atoms with E-state index in [9.17, 15) is 4.79 Å². The van der Waals surface area contributed by atoms with E-state index >= 15 is 0 Å². The molecule has 21 heavy (non-hydrogen) atoms. The molecule has 5 heteroatoms. The fraction of sp³-hybridized carbons (Fsp3) is 0.188. The number of carbonyl (C=O) groups excluding carboxylic acids is 1. The van der Waals surface area contributed by atoms with Gasteiger partial charge in [-0.1, -0.05) is 28.1 Å². The van der Waals surface area contributed by atoms with Gasteiger partial charge in [0.15, 0.2) is 6.10 Å². The molecule has 0 bridgehead atoms. The fourth-order valence-electron chi connectivity index (χ4n) is 1.75. The van der Waals surface area contributed by atoms with Gasteiger partial charge in [0.05, 0.1) is 5.69 Å². The molecule has 0 aromatic heterocycles. The summed E-state index contributed by atoms with van der Waals surface area (Å²) in [4.78, 5) is 13.2. The van der Waals surface area contributed by atoms with Gasteiger partial charge >= 0.3 is 0 Å². The molecule has 0 radical (unpaired) electrons. The number of para-hydroxylation sites is 1. The molecular weight excluding hydrogens is 350 g/mol. The average Bonchev–Trinajstić information content (AvgIpc) is 2.50. The molecule has 0 saturated heterocycles. The van der Waals surface area contributed by atoms with E-state index in [0.29, 0.717) is 5.75 Å². The van der Waals surface area contributed by atoms with Gasteiger partial charge in [0.25, 0.3) is 5.91 Å². The number of hydrogen-bond donors (Lipinski definition) is 1. The molecule has 1 atom stereocenters. The molecule has 0 aliphatic heterocycles. The number of amides is 1. The lowest BCUT2D eigenvalue weighted by atomic mass is 10.3. The van der Waals surface area contributed by atoms with Crippen LogP contribution in [0.5, 0.6) is 5.75 Å². The molecule has 0 saturated carbocycles. The van der Waals surface area contributed by atoms with Crippen LogP contribution in [-0.2, 0) is 4.79 Å². The number of halogens is 1. The van der Waals surface area contributed by atoms with Crippen LogP contribution in [0.3, 0.4) is 0 Å². The number of nitrogens with one attached hydrogen (secondary N) is 1. The highest BCUT2D eigenvalue weighted by Gasteiger charge is 2.16. The second-order valence-corrected chi connectivity index (χ2v) is 6.17. The zero-order valence-corrected chi connectivity index (χ0v) is 14.2. The molecule has 2 aromatic rings. The zero-order chi connectivity index (χ0) is 15.2. The van der Waals surface area contributed by atoms with Gasteiger partial charge in [-0.2, -0.15) is 0 Å². The van der Waals surface area contributed by atoms with Gasteiger partial charge in [0.1, 0.15) is 5.75 Å². The Bertz CT molecular complexity index is 616. The Hall–Kier alpha value is -1.46. The van der Waals surface area contributed by atoms with Crippen LogP contribution in [0.15, 0.2) is 57.9 Å². The van der Waals surface area contributed by atoms with Crippen molar-refractivity contribution in [2.24, 2.45) is 0 Å². The lowest BCUT2D eigenvalue weighted by Gasteiger charge is -2.16. The molecule has 3 nitrogen and oxygen atoms in total. The van der Waals surface area contributed by atoms with Crippen LogP contribution in [0.2, 0.25) is 0 Å². The third-order valence-corrected chi connectivity index (χ3v) is 4.19. The van der Waals surface area contributed by atoms with Crippen molar-refractivity contribution in [1.82, 2.24) is 0 Å². The number of benzene rings is 2. The van der Waals surface area contributed by atoms with Crippen LogP contribution in [0.1, 0.15) is 6.92 Å². The molecule has 2 rings (SSSR count). The predicted octanol–water partition coefficient (Wildman–Crippen LogP) is 4.58. The van der Waals surface area contributed by atoms with Crippen LogP contribution in [0, 0.1) is 0 Å². The van der Waals surface area contributed by atoms with Crippen LogP contribution >= 0.6 is 27.7 Å². The Morgan fingerprint density at radius 3 is 2.52 bits per heavy atom. The minimum atomic E-state index is -0.568. The van der Waals surface area contributed by atoms with Crippen LogP contribution < -0.4 is 10.1 Å². The third kappa shape index (κ3) is 4.51. The maximum absolute atomic E-state index is 12.2. The van der Waals surface area contributed by atoms with Crippen molar-refractivity contribution in [3.63, 3.8) is 0 Å². The molecule has 0 spiro atoms. The number of rotatable bonds is 5. The Kier molecular flexibility index (Phi) is 5.70. The summed E-state index contributed by atoms with van der Waals surface area (Å²) in [5.74, 6) is 0.499. The second kappa shape index (κ2) is 7.52. The number of anilines is 1. The van der Waals surface area contributed by atoms with E-state index < -0.39 is 6.10 Å². The van der Waals surface area contributed by atoms with E-state index in [0.717, 1.165) is 15.1 Å². The maximum Gasteiger partial charge on any atom is 0.265 e. The summed E-state index contributed by atoms with van der Waals surface area (Å²) in [6.45, 7) is 1.74. The van der Waals surface area contributed by atoms with Gasteiger partial charge in [-0.25, -0.2) is 0 Å². The SMILES string of the molecule is CSc1ccccc1NC(=O)C(C)Oc1ccc(Br)cc1. The lowest BCUT2D eigenvalue weighted by molar-refractivity contribution is -0.122. The highest BCUT2D eigenvalue weighted by atomic mass is 79.9. The standard InChI is InChI=1S/C16H16BrNO2S/c1-11(20-13-9-7-12(17)8-10-13)16(19)18-14-5-3-4-6-15(14)21-2/h3-11H,1-2H3,(H,18,19). The van der Waals surface area contributed by atoms with Gasteiger partial charge in [-0.15, -0.1) is 11.8 Å². The third-order valence-electron chi connectivity index (χ3n) is 2.86. The van der Waals surface area contributed by atoms with Gasteiger partial charge in [-0.05, 0) is 49.6 Å². The summed E-state index contributed by atoms with van der Waals surface area (Å²) in [5.41, 5.74) is 0.807. The first-order valence-electron chi connectivity index (χ1n) is 6.46. The quantitative estimate of drug-likeness (QED) is 0.788. The molecule has 2 aromatic carbocycles. The van der Waals surface area contributed by atoms with E-state index in [1.54, 1.807) is 18.7 Å². The molecule has 0 heterocycles. The summed E-state index contributed by atoms with van der Waals surface area (Å²) in [6, 6.07) is 15.1. The Morgan fingerprint density at radius 2 is 1.86 bits per heavy atom. The summed E-state index contributed by atoms with van der Waals surface area (Å²) in [7, 11) is 0. The first-order valence-corrected chi connectivity index (χ1v) is 8.48. The number of carbonyl (C=O) groups is 1. The van der Waals surface area contributed by atoms with Crippen molar-refractivity contribution in [3.8, 4) is 5.75 Å². The van der Waals surface area contributed by atoms with E-state index in [1.165, 1.54) is 0 Å². The summed E-state index contributed by atoms with van der Waals surface area (Å²) >= 11 is 4.96. The van der Waals surface area contributed by atoms with Crippen molar-refractivity contribution >= 4 is 39.3 Å². The molecule has 0 fully saturated rings. The lowest BCUT2D eigenvalue weighted by Crippen LogP contribution is -2.30. The monoisotopic (exact) mass is 365 g/mol. The minimum absolute atomic E-state index is 0.167. The molecular formula is C16H16BrNO2S. The van der Waals surface area contributed by atoms with Crippen molar-refractivity contribution in [2.45, 2.75) is 17.9 Å². The van der Waals surface area contributed by atoms with E-state index in [2.05, 4.69) is 21.2 Å². The largest absolute Gasteiger partial charge is 0.481 e. The molecule has 0 aliphatic carbocycles. The van der Waals surface area contributed by atoms with Crippen molar-refractivity contribution in [1.29, 1.82) is 0 Å². The predicted molar refractivity (Wildman–Crippen MR) is 91.1 cm³/mol. The Morgan fingerprint density at radius 1 is 1.19 bits per heavy atom. The van der Waals surface area contributed by atoms with Gasteiger partial charge in [0.2, 0.25) is 0 Å². The van der Waals surface area contributed by atoms with Crippen LogP contribution in [0.4, 0.5) is 5.69 Å². The van der Waals surface area contributed by atoms with Gasteiger partial charge in [0, 0.05) is 9.37 Å². The first kappa shape index (κ1) is 15.9. The fourth-order valence-corrected chi connectivity index (χ4v) is 2.57. The molecule has 1 N–H and O–H groups in total. The van der Waals surface area contributed by atoms with Gasteiger partial charge < -0.3 is 10.1 Å². The average molecular weight is 366 g/mol. The van der Waals surface area contributed by atoms with Crippen LogP contribution in [0.25, 0.3) is 0 Å². The number of thioether (sulfide) groups is 1. The normalized spacial score (nSPS) is 11.8. The second-order valence-electron chi connectivity index (χ2n) is 4.40. The molecule has 110 valence electrons. The highest BCUT2D eigenvalue weighted by molar-refractivity contribution is 9.10. The van der Waals surface area contributed by atoms with Crippen molar-refractivity contribution in [2.75, 3.05) is 11.6 Å². The summed E-state index contributed by atoms with van der Waals surface area (Å²) in [6.07, 6.45) is 1.41. The maximum atomic E-state index is 12.2. The molecule has 1 amide bonds. The Labute approximate surface area is 137 Å². The Balaban J connectivity index is 2.01. The highest BCUT2D eigenvalue weighted by Crippen LogP contribution is 2.25.